The summed E-state index contributed by atoms with van der Waals surface area (Å²) >= 11 is 0. The maximum Gasteiger partial charge on any atom is 0.218 e. The molecule has 0 aliphatic carbocycles. The minimum absolute atomic E-state index is 0.105. The summed E-state index contributed by atoms with van der Waals surface area (Å²) in [5.41, 5.74) is 1.90. The van der Waals surface area contributed by atoms with Crippen LogP contribution in [0.2, 0.25) is 0 Å². The number of fused-ring (bicyclic) bond motifs is 1. The van der Waals surface area contributed by atoms with Gasteiger partial charge in [0.25, 0.3) is 0 Å². The van der Waals surface area contributed by atoms with Crippen molar-refractivity contribution in [1.29, 1.82) is 0 Å². The maximum absolute atomic E-state index is 12.2. The summed E-state index contributed by atoms with van der Waals surface area (Å²) < 4.78 is 12.6. The number of hydrogen-bond acceptors (Lipinski definition) is 4. The number of hydrogen-bond donors (Lipinski definition) is 0. The van der Waals surface area contributed by atoms with Gasteiger partial charge in [-0.05, 0) is 26.0 Å². The van der Waals surface area contributed by atoms with Gasteiger partial charge in [-0.25, -0.2) is 4.98 Å². The average Bonchev–Trinajstić information content (AvgIpc) is 2.76. The average molecular weight is 276 g/mol. The van der Waals surface area contributed by atoms with E-state index in [-0.39, 0.29) is 12.2 Å². The highest BCUT2D eigenvalue weighted by atomic mass is 16.7. The molecule has 2 aromatic rings. The first-order valence-corrected chi connectivity index (χ1v) is 6.83. The number of aromatic nitrogens is 2. The van der Waals surface area contributed by atoms with E-state index in [4.69, 9.17) is 9.47 Å². The van der Waals surface area contributed by atoms with Crippen molar-refractivity contribution in [3.05, 3.63) is 30.1 Å². The van der Waals surface area contributed by atoms with Gasteiger partial charge in [-0.1, -0.05) is 12.1 Å². The molecule has 0 saturated heterocycles. The minimum atomic E-state index is -0.801. The van der Waals surface area contributed by atoms with Crippen LogP contribution < -0.4 is 0 Å². The number of ketones is 1. The summed E-state index contributed by atoms with van der Waals surface area (Å²) in [6, 6.07) is 7.81. The molecule has 1 aromatic heterocycles. The number of benzene rings is 1. The van der Waals surface area contributed by atoms with Crippen LogP contribution in [0.25, 0.3) is 11.0 Å². The highest BCUT2D eigenvalue weighted by Crippen LogP contribution is 2.15. The number of nitrogens with zero attached hydrogens (tertiary/aromatic N) is 2. The number of carbonyl (C=O) groups excluding carboxylic acids is 1. The predicted octanol–water partition coefficient (Wildman–Crippen LogP) is 2.08. The summed E-state index contributed by atoms with van der Waals surface area (Å²) in [6.07, 6.45) is -0.597. The van der Waals surface area contributed by atoms with Gasteiger partial charge in [-0.15, -0.1) is 0 Å². The predicted molar refractivity (Wildman–Crippen MR) is 76.5 cm³/mol. The second-order valence-electron chi connectivity index (χ2n) is 4.46. The van der Waals surface area contributed by atoms with Crippen molar-refractivity contribution >= 4 is 16.8 Å². The highest BCUT2D eigenvalue weighted by Gasteiger charge is 2.21. The van der Waals surface area contributed by atoms with Gasteiger partial charge in [0.2, 0.25) is 6.29 Å². The fourth-order valence-corrected chi connectivity index (χ4v) is 2.13. The molecule has 0 fully saturated rings. The van der Waals surface area contributed by atoms with Gasteiger partial charge in [0.05, 0.1) is 17.5 Å². The maximum atomic E-state index is 12.2. The van der Waals surface area contributed by atoms with Gasteiger partial charge in [-0.2, -0.15) is 0 Å². The molecular formula is C15H20N2O3. The molecule has 0 bridgehead atoms. The number of Topliss-reactive ketones (excluding diaryl/α,β-unsaturated/α-hetero) is 1. The largest absolute Gasteiger partial charge is 0.346 e. The van der Waals surface area contributed by atoms with Crippen molar-refractivity contribution in [3.63, 3.8) is 0 Å². The molecule has 0 unspecified atom stereocenters. The van der Waals surface area contributed by atoms with Crippen LogP contribution in [0.1, 0.15) is 19.7 Å². The quantitative estimate of drug-likeness (QED) is 0.727. The third kappa shape index (κ3) is 3.05. The van der Waals surface area contributed by atoms with Crippen molar-refractivity contribution in [1.82, 2.24) is 9.55 Å². The molecule has 2 rings (SSSR count). The van der Waals surface area contributed by atoms with E-state index in [9.17, 15) is 4.79 Å². The first-order valence-electron chi connectivity index (χ1n) is 6.83. The van der Waals surface area contributed by atoms with Crippen LogP contribution in [0.5, 0.6) is 0 Å². The smallest absolute Gasteiger partial charge is 0.218 e. The molecule has 0 spiro atoms. The molecule has 5 nitrogen and oxygen atoms in total. The minimum Gasteiger partial charge on any atom is -0.346 e. The number of rotatable bonds is 7. The second-order valence-corrected chi connectivity index (χ2v) is 4.46. The lowest BCUT2D eigenvalue weighted by Crippen LogP contribution is -2.29. The molecule has 0 aliphatic rings. The Kier molecular flexibility index (Phi) is 4.87. The van der Waals surface area contributed by atoms with Crippen molar-refractivity contribution in [3.8, 4) is 0 Å². The van der Waals surface area contributed by atoms with Gasteiger partial charge in [0, 0.05) is 20.3 Å². The Labute approximate surface area is 118 Å². The first kappa shape index (κ1) is 14.7. The molecule has 0 aliphatic heterocycles. The third-order valence-electron chi connectivity index (χ3n) is 3.11. The second kappa shape index (κ2) is 6.63. The number of imidazole rings is 1. The van der Waals surface area contributed by atoms with Crippen LogP contribution in [0.15, 0.2) is 24.3 Å². The topological polar surface area (TPSA) is 53.4 Å². The van der Waals surface area contributed by atoms with Crippen LogP contribution in [0.4, 0.5) is 0 Å². The van der Waals surface area contributed by atoms with Crippen molar-refractivity contribution in [2.75, 3.05) is 13.2 Å². The normalized spacial score (nSPS) is 11.4. The monoisotopic (exact) mass is 276 g/mol. The lowest BCUT2D eigenvalue weighted by molar-refractivity contribution is -0.167. The number of ether oxygens (including phenoxy) is 2. The van der Waals surface area contributed by atoms with E-state index in [1.165, 1.54) is 0 Å². The Bertz CT molecular complexity index is 586. The zero-order chi connectivity index (χ0) is 14.5. The van der Waals surface area contributed by atoms with Gasteiger partial charge in [-0.3, -0.25) is 4.79 Å². The van der Waals surface area contributed by atoms with E-state index < -0.39 is 6.29 Å². The number of carbonyl (C=O) groups is 1. The molecular weight excluding hydrogens is 256 g/mol. The van der Waals surface area contributed by atoms with Crippen molar-refractivity contribution < 1.29 is 14.3 Å². The third-order valence-corrected chi connectivity index (χ3v) is 3.11. The molecule has 1 aromatic carbocycles. The summed E-state index contributed by atoms with van der Waals surface area (Å²) in [5, 5.41) is 0. The Hall–Kier alpha value is -1.72. The zero-order valence-electron chi connectivity index (χ0n) is 12.1. The van der Waals surface area contributed by atoms with Gasteiger partial charge in [0.15, 0.2) is 5.78 Å². The molecule has 5 heteroatoms. The fraction of sp³-hybridized carbons (Fsp3) is 0.467. The Morgan fingerprint density at radius 3 is 2.50 bits per heavy atom. The van der Waals surface area contributed by atoms with Crippen LogP contribution in [0, 0.1) is 0 Å². The van der Waals surface area contributed by atoms with Gasteiger partial charge < -0.3 is 14.0 Å². The van der Waals surface area contributed by atoms with E-state index in [1.54, 1.807) is 0 Å². The summed E-state index contributed by atoms with van der Waals surface area (Å²) in [5.74, 6) is 0.618. The highest BCUT2D eigenvalue weighted by molar-refractivity contribution is 5.85. The fourth-order valence-electron chi connectivity index (χ4n) is 2.13. The lowest BCUT2D eigenvalue weighted by Gasteiger charge is -2.15. The number of para-hydroxylation sites is 2. The zero-order valence-corrected chi connectivity index (χ0v) is 12.1. The Morgan fingerprint density at radius 1 is 1.25 bits per heavy atom. The van der Waals surface area contributed by atoms with E-state index in [2.05, 4.69) is 4.98 Å². The molecule has 0 saturated carbocycles. The van der Waals surface area contributed by atoms with E-state index >= 15 is 0 Å². The van der Waals surface area contributed by atoms with E-state index in [0.717, 1.165) is 16.9 Å². The molecule has 0 atom stereocenters. The van der Waals surface area contributed by atoms with Crippen LogP contribution >= 0.6 is 0 Å². The van der Waals surface area contributed by atoms with Crippen LogP contribution in [-0.2, 0) is 27.7 Å². The Balaban J connectivity index is 2.18. The van der Waals surface area contributed by atoms with E-state index in [1.807, 2.05) is 49.7 Å². The molecule has 108 valence electrons. The number of aryl methyl sites for hydroxylation is 1. The SMILES string of the molecule is CCOC(OCC)C(=O)Cc1nc2ccccc2n1C. The van der Waals surface area contributed by atoms with Crippen molar-refractivity contribution in [2.45, 2.75) is 26.6 Å². The Morgan fingerprint density at radius 2 is 1.90 bits per heavy atom. The molecule has 0 radical (unpaired) electrons. The van der Waals surface area contributed by atoms with Crippen molar-refractivity contribution in [2.24, 2.45) is 7.05 Å². The molecule has 1 heterocycles. The molecule has 20 heavy (non-hydrogen) atoms. The van der Waals surface area contributed by atoms with Crippen LogP contribution in [-0.4, -0.2) is 34.8 Å². The van der Waals surface area contributed by atoms with Gasteiger partial charge in [0.1, 0.15) is 5.82 Å². The first-order chi connectivity index (χ1) is 9.67. The summed E-state index contributed by atoms with van der Waals surface area (Å²) in [4.78, 5) is 16.7. The van der Waals surface area contributed by atoms with E-state index in [0.29, 0.717) is 13.2 Å². The molecule has 0 N–H and O–H groups in total. The summed E-state index contributed by atoms with van der Waals surface area (Å²) in [6.45, 7) is 4.57. The van der Waals surface area contributed by atoms with Crippen LogP contribution in [0.3, 0.4) is 0 Å². The molecule has 0 amide bonds. The standard InChI is InChI=1S/C15H20N2O3/c1-4-19-15(20-5-2)13(18)10-14-16-11-8-6-7-9-12(11)17(14)3/h6-9,15H,4-5,10H2,1-3H3. The lowest BCUT2D eigenvalue weighted by atomic mass is 10.2. The summed E-state index contributed by atoms with van der Waals surface area (Å²) in [7, 11) is 1.91. The van der Waals surface area contributed by atoms with Gasteiger partial charge >= 0.3 is 0 Å².